The van der Waals surface area contributed by atoms with Crippen LogP contribution in [0.5, 0.6) is 5.75 Å². The van der Waals surface area contributed by atoms with Gasteiger partial charge in [-0.25, -0.2) is 14.5 Å². The number of carbonyl (C=O) groups excluding carboxylic acids is 1. The summed E-state index contributed by atoms with van der Waals surface area (Å²) in [5.74, 6) is -0.0660. The van der Waals surface area contributed by atoms with E-state index in [1.165, 1.54) is 19.5 Å². The molecule has 1 unspecified atom stereocenters. The van der Waals surface area contributed by atoms with Gasteiger partial charge in [-0.2, -0.15) is 5.10 Å². The average molecular weight is 390 g/mol. The maximum absolute atomic E-state index is 12.7. The number of hydrogen-bond acceptors (Lipinski definition) is 6. The summed E-state index contributed by atoms with van der Waals surface area (Å²) in [6.45, 7) is 1.84. The van der Waals surface area contributed by atoms with Crippen molar-refractivity contribution in [2.24, 2.45) is 0 Å². The van der Waals surface area contributed by atoms with Crippen LogP contribution in [-0.4, -0.2) is 27.8 Å². The molecule has 4 rings (SSSR count). The number of para-hydroxylation sites is 1. The lowest BCUT2D eigenvalue weighted by molar-refractivity contribution is 0.0936. The Morgan fingerprint density at radius 1 is 1.21 bits per heavy atom. The molecule has 0 aliphatic carbocycles. The second-order valence-corrected chi connectivity index (χ2v) is 6.45. The second kappa shape index (κ2) is 7.59. The van der Waals surface area contributed by atoms with Crippen molar-refractivity contribution in [3.8, 4) is 11.4 Å². The predicted octanol–water partition coefficient (Wildman–Crippen LogP) is 2.87. The molecule has 1 N–H and O–H groups in total. The van der Waals surface area contributed by atoms with Crippen LogP contribution in [0.15, 0.2) is 70.4 Å². The molecule has 0 saturated heterocycles. The van der Waals surface area contributed by atoms with Crippen LogP contribution in [0.4, 0.5) is 0 Å². The largest absolute Gasteiger partial charge is 0.493 e. The van der Waals surface area contributed by atoms with E-state index >= 15 is 0 Å². The number of aromatic nitrogens is 3. The number of hydrogen-bond donors (Lipinski definition) is 1. The standard InChI is InChI=1S/C21H18N4O4/c1-13(14-6-8-16(9-7-14)25-12-22-11-23-25)24-20(26)17-10-15-4-3-5-18(28-2)19(15)29-21(17)27/h3-13H,1-2H3,(H,24,26). The number of ether oxygens (including phenoxy) is 1. The van der Waals surface area contributed by atoms with E-state index in [2.05, 4.69) is 15.4 Å². The Bertz CT molecular complexity index is 1210. The number of nitrogens with one attached hydrogen (secondary N) is 1. The Hall–Kier alpha value is -3.94. The summed E-state index contributed by atoms with van der Waals surface area (Å²) in [6, 6.07) is 13.9. The highest BCUT2D eigenvalue weighted by Crippen LogP contribution is 2.24. The molecular weight excluding hydrogens is 372 g/mol. The van der Waals surface area contributed by atoms with Crippen LogP contribution in [0.2, 0.25) is 0 Å². The van der Waals surface area contributed by atoms with Crippen molar-refractivity contribution < 1.29 is 13.9 Å². The van der Waals surface area contributed by atoms with Gasteiger partial charge in [0, 0.05) is 5.39 Å². The van der Waals surface area contributed by atoms with E-state index in [-0.39, 0.29) is 11.6 Å². The molecule has 2 aromatic heterocycles. The number of nitrogens with zero attached hydrogens (tertiary/aromatic N) is 3. The minimum atomic E-state index is -0.715. The van der Waals surface area contributed by atoms with Crippen LogP contribution in [0, 0.1) is 0 Å². The molecule has 4 aromatic rings. The Kier molecular flexibility index (Phi) is 4.82. The zero-order valence-electron chi connectivity index (χ0n) is 15.8. The van der Waals surface area contributed by atoms with Crippen molar-refractivity contribution in [1.29, 1.82) is 0 Å². The molecule has 1 atom stereocenters. The van der Waals surface area contributed by atoms with Gasteiger partial charge in [-0.1, -0.05) is 24.3 Å². The summed E-state index contributed by atoms with van der Waals surface area (Å²) in [5.41, 5.74) is 1.28. The van der Waals surface area contributed by atoms with Crippen LogP contribution < -0.4 is 15.7 Å². The highest BCUT2D eigenvalue weighted by Gasteiger charge is 2.18. The van der Waals surface area contributed by atoms with E-state index in [9.17, 15) is 9.59 Å². The van der Waals surface area contributed by atoms with Gasteiger partial charge in [-0.05, 0) is 36.8 Å². The van der Waals surface area contributed by atoms with Gasteiger partial charge in [0.15, 0.2) is 11.3 Å². The van der Waals surface area contributed by atoms with E-state index in [1.807, 2.05) is 31.2 Å². The monoisotopic (exact) mass is 390 g/mol. The van der Waals surface area contributed by atoms with E-state index in [1.54, 1.807) is 29.2 Å². The van der Waals surface area contributed by atoms with Crippen LogP contribution in [0.3, 0.4) is 0 Å². The fraction of sp³-hybridized carbons (Fsp3) is 0.143. The highest BCUT2D eigenvalue weighted by molar-refractivity contribution is 5.97. The zero-order valence-corrected chi connectivity index (χ0v) is 15.8. The molecular formula is C21H18N4O4. The molecule has 2 aromatic carbocycles. The Labute approximate surface area is 165 Å². The lowest BCUT2D eigenvalue weighted by Crippen LogP contribution is -2.30. The molecule has 0 aliphatic rings. The molecule has 1 amide bonds. The van der Waals surface area contributed by atoms with Crippen LogP contribution in [0.25, 0.3) is 16.7 Å². The first-order valence-electron chi connectivity index (χ1n) is 8.93. The molecule has 0 spiro atoms. The van der Waals surface area contributed by atoms with Gasteiger partial charge in [0.2, 0.25) is 0 Å². The Balaban J connectivity index is 1.56. The molecule has 0 bridgehead atoms. The summed E-state index contributed by atoms with van der Waals surface area (Å²) in [5, 5.41) is 7.52. The molecule has 146 valence electrons. The molecule has 8 nitrogen and oxygen atoms in total. The number of fused-ring (bicyclic) bond motifs is 1. The fourth-order valence-electron chi connectivity index (χ4n) is 3.05. The first kappa shape index (κ1) is 18.4. The van der Waals surface area contributed by atoms with Crippen molar-refractivity contribution in [2.75, 3.05) is 7.11 Å². The van der Waals surface area contributed by atoms with Gasteiger partial charge in [0.1, 0.15) is 18.2 Å². The number of carbonyl (C=O) groups is 1. The highest BCUT2D eigenvalue weighted by atomic mass is 16.5. The number of methoxy groups -OCH3 is 1. The first-order chi connectivity index (χ1) is 14.1. The van der Waals surface area contributed by atoms with Crippen molar-refractivity contribution in [3.05, 3.63) is 82.7 Å². The summed E-state index contributed by atoms with van der Waals surface area (Å²) in [4.78, 5) is 28.9. The third-order valence-electron chi connectivity index (χ3n) is 4.61. The minimum Gasteiger partial charge on any atom is -0.493 e. The quantitative estimate of drug-likeness (QED) is 0.526. The summed E-state index contributed by atoms with van der Waals surface area (Å²) >= 11 is 0. The molecule has 0 aliphatic heterocycles. The topological polar surface area (TPSA) is 99.2 Å². The van der Waals surface area contributed by atoms with Gasteiger partial charge in [-0.15, -0.1) is 0 Å². The summed E-state index contributed by atoms with van der Waals surface area (Å²) in [7, 11) is 1.49. The normalized spacial score (nSPS) is 11.9. The smallest absolute Gasteiger partial charge is 0.349 e. The van der Waals surface area contributed by atoms with Gasteiger partial charge in [-0.3, -0.25) is 4.79 Å². The van der Waals surface area contributed by atoms with E-state index in [4.69, 9.17) is 9.15 Å². The van der Waals surface area contributed by atoms with Gasteiger partial charge >= 0.3 is 5.63 Å². The zero-order chi connectivity index (χ0) is 20.4. The van der Waals surface area contributed by atoms with Crippen molar-refractivity contribution >= 4 is 16.9 Å². The van der Waals surface area contributed by atoms with Crippen LogP contribution >= 0.6 is 0 Å². The maximum Gasteiger partial charge on any atom is 0.349 e. The third kappa shape index (κ3) is 3.60. The molecule has 8 heteroatoms. The molecule has 0 radical (unpaired) electrons. The second-order valence-electron chi connectivity index (χ2n) is 6.45. The summed E-state index contributed by atoms with van der Waals surface area (Å²) in [6.07, 6.45) is 3.07. The number of amides is 1. The molecule has 2 heterocycles. The van der Waals surface area contributed by atoms with Crippen molar-refractivity contribution in [1.82, 2.24) is 20.1 Å². The Morgan fingerprint density at radius 3 is 2.69 bits per heavy atom. The van der Waals surface area contributed by atoms with Crippen LogP contribution in [0.1, 0.15) is 28.9 Å². The number of rotatable bonds is 5. The molecule has 29 heavy (non-hydrogen) atoms. The van der Waals surface area contributed by atoms with Crippen LogP contribution in [-0.2, 0) is 0 Å². The first-order valence-corrected chi connectivity index (χ1v) is 8.93. The van der Waals surface area contributed by atoms with E-state index in [0.717, 1.165) is 11.3 Å². The lowest BCUT2D eigenvalue weighted by Gasteiger charge is -2.15. The van der Waals surface area contributed by atoms with Gasteiger partial charge < -0.3 is 14.5 Å². The molecule has 0 fully saturated rings. The maximum atomic E-state index is 12.7. The SMILES string of the molecule is COc1cccc2cc(C(=O)NC(C)c3ccc(-n4cncn4)cc3)c(=O)oc12. The molecule has 0 saturated carbocycles. The Morgan fingerprint density at radius 2 is 2.00 bits per heavy atom. The fourth-order valence-corrected chi connectivity index (χ4v) is 3.05. The van der Waals surface area contributed by atoms with E-state index < -0.39 is 11.5 Å². The summed E-state index contributed by atoms with van der Waals surface area (Å²) < 4.78 is 12.2. The lowest BCUT2D eigenvalue weighted by atomic mass is 10.1. The van der Waals surface area contributed by atoms with Gasteiger partial charge in [0.25, 0.3) is 5.91 Å². The third-order valence-corrected chi connectivity index (χ3v) is 4.61. The minimum absolute atomic E-state index is 0.0585. The van der Waals surface area contributed by atoms with Gasteiger partial charge in [0.05, 0.1) is 18.8 Å². The van der Waals surface area contributed by atoms with Crippen molar-refractivity contribution in [3.63, 3.8) is 0 Å². The predicted molar refractivity (Wildman–Crippen MR) is 106 cm³/mol. The number of benzene rings is 2. The van der Waals surface area contributed by atoms with E-state index in [0.29, 0.717) is 16.7 Å². The van der Waals surface area contributed by atoms with Crippen molar-refractivity contribution in [2.45, 2.75) is 13.0 Å². The average Bonchev–Trinajstić information content (AvgIpc) is 3.27.